The monoisotopic (exact) mass is 586 g/mol. The molecule has 1 aromatic heterocycles. The third kappa shape index (κ3) is 3.46. The van der Waals surface area contributed by atoms with Gasteiger partial charge in [0.15, 0.2) is 0 Å². The lowest BCUT2D eigenvalue weighted by Gasteiger charge is -2.23. The highest BCUT2D eigenvalue weighted by Gasteiger charge is 2.36. The van der Waals surface area contributed by atoms with Gasteiger partial charge in [-0.15, -0.1) is 0 Å². The Morgan fingerprint density at radius 1 is 0.391 bits per heavy atom. The Morgan fingerprint density at radius 2 is 0.891 bits per heavy atom. The van der Waals surface area contributed by atoms with Gasteiger partial charge in [0.25, 0.3) is 0 Å². The standard InChI is InChI=1S/C45H30O/c1-45(2)39-26-30(19-21-31(39)37-23-27-11-3-4-12-28(27)25-40(37)45)44-35-16-7-5-14-33(35)43(34-15-6-8-17-36(34)44)29-20-22-42-38(24-29)32-13-9-10-18-41(32)46-42/h3-26H,1-2H3. The van der Waals surface area contributed by atoms with Crippen LogP contribution in [0.5, 0.6) is 0 Å². The normalized spacial score (nSPS) is 13.6. The van der Waals surface area contributed by atoms with Crippen LogP contribution in [0.1, 0.15) is 25.0 Å². The molecule has 46 heavy (non-hydrogen) atoms. The molecule has 8 aromatic carbocycles. The first-order valence-corrected chi connectivity index (χ1v) is 16.1. The third-order valence-corrected chi connectivity index (χ3v) is 10.4. The van der Waals surface area contributed by atoms with E-state index in [4.69, 9.17) is 4.42 Å². The Balaban J connectivity index is 1.23. The molecule has 0 saturated carbocycles. The second kappa shape index (κ2) is 9.19. The largest absolute Gasteiger partial charge is 0.456 e. The van der Waals surface area contributed by atoms with Crippen molar-refractivity contribution in [2.45, 2.75) is 19.3 Å². The molecule has 0 spiro atoms. The highest BCUT2D eigenvalue weighted by Crippen LogP contribution is 2.52. The van der Waals surface area contributed by atoms with Crippen molar-refractivity contribution in [3.8, 4) is 33.4 Å². The van der Waals surface area contributed by atoms with Gasteiger partial charge in [0.2, 0.25) is 0 Å². The summed E-state index contributed by atoms with van der Waals surface area (Å²) in [6, 6.07) is 53.5. The average Bonchev–Trinajstić information content (AvgIpc) is 3.57. The van der Waals surface area contributed by atoms with Gasteiger partial charge in [0.05, 0.1) is 0 Å². The molecule has 0 aliphatic heterocycles. The summed E-state index contributed by atoms with van der Waals surface area (Å²) in [5.41, 5.74) is 12.3. The summed E-state index contributed by atoms with van der Waals surface area (Å²) in [6.07, 6.45) is 0. The fourth-order valence-electron chi connectivity index (χ4n) is 8.21. The van der Waals surface area contributed by atoms with Gasteiger partial charge in [0, 0.05) is 16.2 Å². The van der Waals surface area contributed by atoms with E-state index in [2.05, 4.69) is 147 Å². The van der Waals surface area contributed by atoms with E-state index >= 15 is 0 Å². The van der Waals surface area contributed by atoms with Crippen LogP contribution < -0.4 is 0 Å². The van der Waals surface area contributed by atoms with Crippen molar-refractivity contribution in [1.82, 2.24) is 0 Å². The first kappa shape index (κ1) is 25.6. The fourth-order valence-corrected chi connectivity index (χ4v) is 8.21. The number of hydrogen-bond acceptors (Lipinski definition) is 1. The van der Waals surface area contributed by atoms with Crippen LogP contribution >= 0.6 is 0 Å². The van der Waals surface area contributed by atoms with E-state index in [1.807, 2.05) is 12.1 Å². The van der Waals surface area contributed by atoms with Crippen LogP contribution in [-0.4, -0.2) is 0 Å². The van der Waals surface area contributed by atoms with Crippen LogP contribution in [0, 0.1) is 0 Å². The summed E-state index contributed by atoms with van der Waals surface area (Å²) in [4.78, 5) is 0. The predicted octanol–water partition coefficient (Wildman–Crippen LogP) is 12.7. The zero-order valence-corrected chi connectivity index (χ0v) is 25.8. The van der Waals surface area contributed by atoms with E-state index in [1.54, 1.807) is 0 Å². The Labute approximate surface area is 267 Å². The van der Waals surface area contributed by atoms with Crippen LogP contribution in [0.2, 0.25) is 0 Å². The number of benzene rings is 8. The number of rotatable bonds is 2. The lowest BCUT2D eigenvalue weighted by atomic mass is 9.80. The van der Waals surface area contributed by atoms with Gasteiger partial charge < -0.3 is 4.42 Å². The molecule has 0 saturated heterocycles. The first-order valence-electron chi connectivity index (χ1n) is 16.1. The Bertz CT molecular complexity index is 2660. The van der Waals surface area contributed by atoms with Gasteiger partial charge in [-0.05, 0) is 113 Å². The van der Waals surface area contributed by atoms with Gasteiger partial charge in [-0.25, -0.2) is 0 Å². The Morgan fingerprint density at radius 3 is 1.57 bits per heavy atom. The third-order valence-electron chi connectivity index (χ3n) is 10.4. The SMILES string of the molecule is CC1(C)c2cc(-c3c4ccccc4c(-c4ccc5oc6ccccc6c5c4)c4ccccc34)ccc2-c2cc3ccccc3cc21. The zero-order chi connectivity index (χ0) is 30.6. The van der Waals surface area contributed by atoms with Gasteiger partial charge in [-0.2, -0.15) is 0 Å². The lowest BCUT2D eigenvalue weighted by Crippen LogP contribution is -2.15. The Kier molecular flexibility index (Phi) is 5.12. The van der Waals surface area contributed by atoms with E-state index in [0.29, 0.717) is 0 Å². The number of hydrogen-bond donors (Lipinski definition) is 0. The second-order valence-corrected chi connectivity index (χ2v) is 13.3. The molecule has 9 aromatic rings. The van der Waals surface area contributed by atoms with Crippen molar-refractivity contribution in [3.05, 3.63) is 157 Å². The minimum Gasteiger partial charge on any atom is -0.456 e. The van der Waals surface area contributed by atoms with Crippen molar-refractivity contribution in [2.75, 3.05) is 0 Å². The molecule has 1 heteroatoms. The molecule has 1 aliphatic rings. The van der Waals surface area contributed by atoms with Crippen LogP contribution in [0.15, 0.2) is 150 Å². The van der Waals surface area contributed by atoms with Gasteiger partial charge in [0.1, 0.15) is 11.2 Å². The summed E-state index contributed by atoms with van der Waals surface area (Å²) >= 11 is 0. The summed E-state index contributed by atoms with van der Waals surface area (Å²) < 4.78 is 6.19. The van der Waals surface area contributed by atoms with Gasteiger partial charge in [-0.3, -0.25) is 0 Å². The number of para-hydroxylation sites is 1. The minimum absolute atomic E-state index is 0.0982. The van der Waals surface area contributed by atoms with Crippen molar-refractivity contribution in [1.29, 1.82) is 0 Å². The van der Waals surface area contributed by atoms with Crippen LogP contribution in [0.3, 0.4) is 0 Å². The molecule has 10 rings (SSSR count). The summed E-state index contributed by atoms with van der Waals surface area (Å²) in [6.45, 7) is 4.76. The number of furan rings is 1. The molecule has 0 bridgehead atoms. The molecule has 1 nitrogen and oxygen atoms in total. The molecule has 1 heterocycles. The molecule has 0 atom stereocenters. The quantitative estimate of drug-likeness (QED) is 0.184. The molecule has 0 amide bonds. The van der Waals surface area contributed by atoms with Crippen molar-refractivity contribution >= 4 is 54.3 Å². The molecule has 0 N–H and O–H groups in total. The first-order chi connectivity index (χ1) is 22.6. The fraction of sp³-hybridized carbons (Fsp3) is 0.0667. The van der Waals surface area contributed by atoms with E-state index in [0.717, 1.165) is 21.9 Å². The minimum atomic E-state index is -0.0982. The highest BCUT2D eigenvalue weighted by molar-refractivity contribution is 6.22. The summed E-state index contributed by atoms with van der Waals surface area (Å²) in [5.74, 6) is 0. The van der Waals surface area contributed by atoms with Gasteiger partial charge in [-0.1, -0.05) is 123 Å². The van der Waals surface area contributed by atoms with Gasteiger partial charge >= 0.3 is 0 Å². The van der Waals surface area contributed by atoms with Crippen LogP contribution in [0.4, 0.5) is 0 Å². The van der Waals surface area contributed by atoms with E-state index < -0.39 is 0 Å². The van der Waals surface area contributed by atoms with Crippen molar-refractivity contribution < 1.29 is 4.42 Å². The van der Waals surface area contributed by atoms with Crippen LogP contribution in [-0.2, 0) is 5.41 Å². The molecule has 0 unspecified atom stereocenters. The molecule has 0 fully saturated rings. The topological polar surface area (TPSA) is 13.1 Å². The van der Waals surface area contributed by atoms with Crippen molar-refractivity contribution in [3.63, 3.8) is 0 Å². The number of fused-ring (bicyclic) bond motifs is 9. The van der Waals surface area contributed by atoms with Crippen LogP contribution in [0.25, 0.3) is 87.6 Å². The van der Waals surface area contributed by atoms with Crippen molar-refractivity contribution in [2.24, 2.45) is 0 Å². The molecular formula is C45H30O. The lowest BCUT2D eigenvalue weighted by molar-refractivity contribution is 0.661. The smallest absolute Gasteiger partial charge is 0.135 e. The average molecular weight is 587 g/mol. The van der Waals surface area contributed by atoms with E-state index in [-0.39, 0.29) is 5.41 Å². The molecular weight excluding hydrogens is 556 g/mol. The predicted molar refractivity (Wildman–Crippen MR) is 195 cm³/mol. The Hall–Kier alpha value is -5.66. The second-order valence-electron chi connectivity index (χ2n) is 13.3. The van der Waals surface area contributed by atoms with E-state index in [9.17, 15) is 0 Å². The molecule has 0 radical (unpaired) electrons. The van der Waals surface area contributed by atoms with E-state index in [1.165, 1.54) is 76.8 Å². The maximum Gasteiger partial charge on any atom is 0.135 e. The summed E-state index contributed by atoms with van der Waals surface area (Å²) in [5, 5.41) is 9.97. The zero-order valence-electron chi connectivity index (χ0n) is 25.8. The maximum absolute atomic E-state index is 6.19. The molecule has 1 aliphatic carbocycles. The highest BCUT2D eigenvalue weighted by atomic mass is 16.3. The maximum atomic E-state index is 6.19. The molecule has 216 valence electrons. The summed E-state index contributed by atoms with van der Waals surface area (Å²) in [7, 11) is 0.